The fraction of sp³-hybridized carbons (Fsp3) is 0.615. The van der Waals surface area contributed by atoms with Crippen molar-refractivity contribution >= 4 is 5.91 Å². The number of carbonyl (C=O) groups is 1. The van der Waals surface area contributed by atoms with Gasteiger partial charge in [0.15, 0.2) is 0 Å². The van der Waals surface area contributed by atoms with Gasteiger partial charge in [0.2, 0.25) is 0 Å². The molecule has 18 heavy (non-hydrogen) atoms. The molecule has 0 spiro atoms. The van der Waals surface area contributed by atoms with Gasteiger partial charge in [-0.1, -0.05) is 0 Å². The molecule has 0 aromatic carbocycles. The highest BCUT2D eigenvalue weighted by Gasteiger charge is 2.22. The molecular weight excluding hydrogens is 232 g/mol. The van der Waals surface area contributed by atoms with Crippen molar-refractivity contribution in [2.24, 2.45) is 0 Å². The Hall–Kier alpha value is -1.33. The van der Waals surface area contributed by atoms with Crippen LogP contribution in [0.5, 0.6) is 0 Å². The molecule has 1 aromatic rings. The molecule has 5 heteroatoms. The average Bonchev–Trinajstić information content (AvgIpc) is 2.90. The van der Waals surface area contributed by atoms with Crippen LogP contribution in [0.15, 0.2) is 22.8 Å². The summed E-state index contributed by atoms with van der Waals surface area (Å²) < 4.78 is 10.7. The maximum atomic E-state index is 11.9. The Morgan fingerprint density at radius 1 is 1.67 bits per heavy atom. The molecule has 5 nitrogen and oxygen atoms in total. The van der Waals surface area contributed by atoms with Gasteiger partial charge in [-0.15, -0.1) is 0 Å². The van der Waals surface area contributed by atoms with Gasteiger partial charge in [0, 0.05) is 25.6 Å². The number of carbonyl (C=O) groups excluding carboxylic acids is 1. The highest BCUT2D eigenvalue weighted by molar-refractivity contribution is 5.81. The number of nitrogens with one attached hydrogen (secondary N) is 2. The molecule has 2 unspecified atom stereocenters. The summed E-state index contributed by atoms with van der Waals surface area (Å²) in [6.07, 6.45) is 3.00. The van der Waals surface area contributed by atoms with Crippen molar-refractivity contribution in [1.82, 2.24) is 10.6 Å². The molecule has 0 saturated carbocycles. The molecule has 2 heterocycles. The minimum atomic E-state index is -0.357. The lowest BCUT2D eigenvalue weighted by molar-refractivity contribution is -0.134. The lowest BCUT2D eigenvalue weighted by Gasteiger charge is -2.24. The van der Waals surface area contributed by atoms with Crippen LogP contribution >= 0.6 is 0 Å². The van der Waals surface area contributed by atoms with Crippen LogP contribution < -0.4 is 10.6 Å². The maximum absolute atomic E-state index is 11.9. The first-order valence-electron chi connectivity index (χ1n) is 6.41. The molecule has 2 N–H and O–H groups in total. The Balaban J connectivity index is 1.69. The molecule has 1 fully saturated rings. The summed E-state index contributed by atoms with van der Waals surface area (Å²) in [5, 5.41) is 6.11. The Morgan fingerprint density at radius 3 is 3.22 bits per heavy atom. The zero-order chi connectivity index (χ0) is 12.8. The molecule has 1 amide bonds. The molecule has 2 atom stereocenters. The fourth-order valence-corrected chi connectivity index (χ4v) is 1.96. The second-order valence-electron chi connectivity index (χ2n) is 4.59. The minimum Gasteiger partial charge on any atom is -0.469 e. The lowest BCUT2D eigenvalue weighted by atomic mass is 10.1. The Morgan fingerprint density at radius 2 is 2.56 bits per heavy atom. The van der Waals surface area contributed by atoms with Gasteiger partial charge >= 0.3 is 0 Å². The van der Waals surface area contributed by atoms with E-state index in [1.807, 2.05) is 19.1 Å². The normalized spacial score (nSPS) is 21.5. The quantitative estimate of drug-likeness (QED) is 0.810. The monoisotopic (exact) mass is 252 g/mol. The summed E-state index contributed by atoms with van der Waals surface area (Å²) in [6.45, 7) is 4.00. The van der Waals surface area contributed by atoms with E-state index < -0.39 is 0 Å². The van der Waals surface area contributed by atoms with Gasteiger partial charge < -0.3 is 19.8 Å². The van der Waals surface area contributed by atoms with Gasteiger partial charge in [0.25, 0.3) is 5.91 Å². The largest absolute Gasteiger partial charge is 0.469 e. The first-order chi connectivity index (χ1) is 8.75. The zero-order valence-corrected chi connectivity index (χ0v) is 10.6. The van der Waals surface area contributed by atoms with Crippen LogP contribution in [0.1, 0.15) is 19.1 Å². The number of hydrogen-bond donors (Lipinski definition) is 2. The highest BCUT2D eigenvalue weighted by Crippen LogP contribution is 2.06. The third kappa shape index (κ3) is 3.85. The van der Waals surface area contributed by atoms with Gasteiger partial charge in [-0.2, -0.15) is 0 Å². The number of amides is 1. The van der Waals surface area contributed by atoms with E-state index >= 15 is 0 Å². The smallest absolute Gasteiger partial charge is 0.250 e. The summed E-state index contributed by atoms with van der Waals surface area (Å²) in [5.41, 5.74) is 0. The highest BCUT2D eigenvalue weighted by atomic mass is 16.5. The van der Waals surface area contributed by atoms with Crippen LogP contribution in [0, 0.1) is 0 Å². The van der Waals surface area contributed by atoms with Crippen LogP contribution in [0.4, 0.5) is 0 Å². The Kier molecular flexibility index (Phi) is 4.78. The number of rotatable bonds is 5. The first-order valence-corrected chi connectivity index (χ1v) is 6.41. The third-order valence-corrected chi connectivity index (χ3v) is 3.01. The van der Waals surface area contributed by atoms with Crippen molar-refractivity contribution < 1.29 is 13.9 Å². The summed E-state index contributed by atoms with van der Waals surface area (Å²) in [6, 6.07) is 3.94. The topological polar surface area (TPSA) is 63.5 Å². The number of morpholine rings is 1. The van der Waals surface area contributed by atoms with Gasteiger partial charge in [0.05, 0.1) is 12.9 Å². The van der Waals surface area contributed by atoms with Gasteiger partial charge in [-0.3, -0.25) is 4.79 Å². The van der Waals surface area contributed by atoms with Crippen molar-refractivity contribution in [2.45, 2.75) is 31.9 Å². The van der Waals surface area contributed by atoms with Crippen molar-refractivity contribution in [3.8, 4) is 0 Å². The predicted molar refractivity (Wildman–Crippen MR) is 67.2 cm³/mol. The van der Waals surface area contributed by atoms with E-state index in [1.165, 1.54) is 0 Å². The summed E-state index contributed by atoms with van der Waals surface area (Å²) in [4.78, 5) is 11.9. The SMILES string of the molecule is CC(CCc1ccco1)NC(=O)C1CNCCO1. The van der Waals surface area contributed by atoms with Crippen LogP contribution in [0.25, 0.3) is 0 Å². The van der Waals surface area contributed by atoms with E-state index in [0.717, 1.165) is 25.1 Å². The molecule has 0 bridgehead atoms. The average molecular weight is 252 g/mol. The lowest BCUT2D eigenvalue weighted by Crippen LogP contribution is -2.49. The molecule has 0 radical (unpaired) electrons. The van der Waals surface area contributed by atoms with Crippen molar-refractivity contribution in [3.63, 3.8) is 0 Å². The van der Waals surface area contributed by atoms with Crippen LogP contribution in [-0.2, 0) is 16.0 Å². The van der Waals surface area contributed by atoms with E-state index in [1.54, 1.807) is 6.26 Å². The number of ether oxygens (including phenoxy) is 1. The summed E-state index contributed by atoms with van der Waals surface area (Å²) in [5.74, 6) is 0.917. The third-order valence-electron chi connectivity index (χ3n) is 3.01. The second-order valence-corrected chi connectivity index (χ2v) is 4.59. The zero-order valence-electron chi connectivity index (χ0n) is 10.6. The Bertz CT molecular complexity index is 358. The summed E-state index contributed by atoms with van der Waals surface area (Å²) in [7, 11) is 0. The second kappa shape index (κ2) is 6.56. The van der Waals surface area contributed by atoms with Crippen LogP contribution in [-0.4, -0.2) is 37.7 Å². The molecule has 1 aliphatic rings. The molecule has 1 aliphatic heterocycles. The van der Waals surface area contributed by atoms with E-state index in [9.17, 15) is 4.79 Å². The van der Waals surface area contributed by atoms with Gasteiger partial charge in [-0.05, 0) is 25.5 Å². The minimum absolute atomic E-state index is 0.0332. The maximum Gasteiger partial charge on any atom is 0.250 e. The number of aryl methyl sites for hydroxylation is 1. The molecule has 2 rings (SSSR count). The number of furan rings is 1. The number of hydrogen-bond acceptors (Lipinski definition) is 4. The van der Waals surface area contributed by atoms with E-state index in [4.69, 9.17) is 9.15 Å². The predicted octanol–water partition coefficient (Wildman–Crippen LogP) is 0.705. The van der Waals surface area contributed by atoms with E-state index in [2.05, 4.69) is 10.6 Å². The van der Waals surface area contributed by atoms with Crippen molar-refractivity contribution in [2.75, 3.05) is 19.7 Å². The van der Waals surface area contributed by atoms with Crippen molar-refractivity contribution in [1.29, 1.82) is 0 Å². The van der Waals surface area contributed by atoms with Crippen molar-refractivity contribution in [3.05, 3.63) is 24.2 Å². The van der Waals surface area contributed by atoms with E-state index in [-0.39, 0.29) is 18.1 Å². The molecule has 1 saturated heterocycles. The fourth-order valence-electron chi connectivity index (χ4n) is 1.96. The van der Waals surface area contributed by atoms with Gasteiger partial charge in [0.1, 0.15) is 11.9 Å². The van der Waals surface area contributed by atoms with Gasteiger partial charge in [-0.25, -0.2) is 0 Å². The standard InChI is InChI=1S/C13H20N2O3/c1-10(4-5-11-3-2-7-17-11)15-13(16)12-9-14-6-8-18-12/h2-3,7,10,12,14H,4-6,8-9H2,1H3,(H,15,16). The van der Waals surface area contributed by atoms with E-state index in [0.29, 0.717) is 13.2 Å². The molecule has 100 valence electrons. The van der Waals surface area contributed by atoms with Crippen LogP contribution in [0.3, 0.4) is 0 Å². The molecule has 1 aromatic heterocycles. The Labute approximate surface area is 107 Å². The van der Waals surface area contributed by atoms with Crippen LogP contribution in [0.2, 0.25) is 0 Å². The molecular formula is C13H20N2O3. The molecule has 0 aliphatic carbocycles. The first kappa shape index (κ1) is 13.1. The summed E-state index contributed by atoms with van der Waals surface area (Å²) >= 11 is 0.